The van der Waals surface area contributed by atoms with Crippen molar-refractivity contribution in [2.45, 2.75) is 37.7 Å². The van der Waals surface area contributed by atoms with E-state index in [1.54, 1.807) is 36.4 Å². The van der Waals surface area contributed by atoms with Crippen molar-refractivity contribution < 1.29 is 23.1 Å². The summed E-state index contributed by atoms with van der Waals surface area (Å²) in [6.45, 7) is 3.82. The van der Waals surface area contributed by atoms with Crippen LogP contribution in [0.1, 0.15) is 25.8 Å². The van der Waals surface area contributed by atoms with Crippen LogP contribution < -0.4 is 4.74 Å². The zero-order valence-corrected chi connectivity index (χ0v) is 19.2. The van der Waals surface area contributed by atoms with Gasteiger partial charge in [-0.3, -0.25) is 4.79 Å². The molecule has 1 aromatic heterocycles. The predicted octanol–water partition coefficient (Wildman–Crippen LogP) is 5.35. The number of rotatable bonds is 8. The molecule has 0 saturated heterocycles. The Balaban J connectivity index is 1.90. The Morgan fingerprint density at radius 1 is 1.00 bits per heavy atom. The van der Waals surface area contributed by atoms with Gasteiger partial charge in [0, 0.05) is 23.6 Å². The number of aliphatic carboxylic acids is 1. The number of fused-ring (bicyclic) bond motifs is 1. The maximum Gasteiger partial charge on any atom is 0.303 e. The highest BCUT2D eigenvalue weighted by atomic mass is 32.2. The van der Waals surface area contributed by atoms with E-state index in [0.717, 1.165) is 5.56 Å². The van der Waals surface area contributed by atoms with E-state index in [1.165, 1.54) is 10.2 Å². The van der Waals surface area contributed by atoms with Crippen molar-refractivity contribution in [1.29, 1.82) is 0 Å². The summed E-state index contributed by atoms with van der Waals surface area (Å²) in [6, 6.07) is 21.5. The van der Waals surface area contributed by atoms with Gasteiger partial charge >= 0.3 is 5.97 Å². The summed E-state index contributed by atoms with van der Waals surface area (Å²) < 4.78 is 34.8. The second-order valence-corrected chi connectivity index (χ2v) is 9.84. The molecule has 0 aliphatic rings. The third-order valence-corrected chi connectivity index (χ3v) is 7.05. The van der Waals surface area contributed by atoms with E-state index < -0.39 is 16.0 Å². The fourth-order valence-electron chi connectivity index (χ4n) is 3.88. The molecular formula is C26H25NO5S. The van der Waals surface area contributed by atoms with Crippen LogP contribution in [0.15, 0.2) is 83.9 Å². The van der Waals surface area contributed by atoms with Crippen molar-refractivity contribution in [1.82, 2.24) is 3.97 Å². The van der Waals surface area contributed by atoms with Crippen molar-refractivity contribution in [3.05, 3.63) is 84.6 Å². The first-order valence-electron chi connectivity index (χ1n) is 10.7. The minimum atomic E-state index is -3.97. The Labute approximate surface area is 193 Å². The van der Waals surface area contributed by atoms with Crippen molar-refractivity contribution >= 4 is 26.9 Å². The highest BCUT2D eigenvalue weighted by Crippen LogP contribution is 2.33. The molecule has 0 saturated carbocycles. The quantitative estimate of drug-likeness (QED) is 0.381. The SMILES string of the molecule is CC(C)Oc1ccc2c(c1)c(CCC(=O)O)cn2S(=O)(=O)c1ccccc1-c1ccccc1. The maximum absolute atomic E-state index is 13.9. The van der Waals surface area contributed by atoms with Crippen LogP contribution >= 0.6 is 0 Å². The summed E-state index contributed by atoms with van der Waals surface area (Å²) >= 11 is 0. The van der Waals surface area contributed by atoms with Gasteiger partial charge in [-0.25, -0.2) is 12.4 Å². The number of ether oxygens (including phenoxy) is 1. The third kappa shape index (κ3) is 4.64. The molecule has 0 atom stereocenters. The molecule has 1 heterocycles. The topological polar surface area (TPSA) is 85.6 Å². The van der Waals surface area contributed by atoms with Gasteiger partial charge in [-0.1, -0.05) is 48.5 Å². The van der Waals surface area contributed by atoms with Gasteiger partial charge in [0.05, 0.1) is 16.5 Å². The van der Waals surface area contributed by atoms with Gasteiger partial charge in [-0.2, -0.15) is 0 Å². The summed E-state index contributed by atoms with van der Waals surface area (Å²) in [5.74, 6) is -0.336. The van der Waals surface area contributed by atoms with Gasteiger partial charge in [-0.15, -0.1) is 0 Å². The highest BCUT2D eigenvalue weighted by Gasteiger charge is 2.25. The van der Waals surface area contributed by atoms with E-state index in [9.17, 15) is 18.3 Å². The molecule has 4 rings (SSSR count). The van der Waals surface area contributed by atoms with E-state index in [-0.39, 0.29) is 23.8 Å². The zero-order valence-electron chi connectivity index (χ0n) is 18.4. The number of carbonyl (C=O) groups is 1. The van der Waals surface area contributed by atoms with Gasteiger partial charge in [0.2, 0.25) is 0 Å². The summed E-state index contributed by atoms with van der Waals surface area (Å²) in [5, 5.41) is 9.84. The number of carboxylic acids is 1. The molecular weight excluding hydrogens is 438 g/mol. The monoisotopic (exact) mass is 463 g/mol. The number of hydrogen-bond donors (Lipinski definition) is 1. The second-order valence-electron chi connectivity index (χ2n) is 8.06. The van der Waals surface area contributed by atoms with E-state index in [1.807, 2.05) is 50.2 Å². The van der Waals surface area contributed by atoms with Gasteiger partial charge in [-0.05, 0) is 55.7 Å². The third-order valence-electron chi connectivity index (χ3n) is 5.31. The molecule has 0 fully saturated rings. The number of nitrogens with zero attached hydrogens (tertiary/aromatic N) is 1. The summed E-state index contributed by atoms with van der Waals surface area (Å²) in [5.41, 5.74) is 2.52. The maximum atomic E-state index is 13.9. The summed E-state index contributed by atoms with van der Waals surface area (Å²) in [6.07, 6.45) is 1.59. The first-order chi connectivity index (χ1) is 15.8. The molecule has 0 radical (unpaired) electrons. The molecule has 0 bridgehead atoms. The van der Waals surface area contributed by atoms with Crippen LogP contribution in [0.5, 0.6) is 5.75 Å². The van der Waals surface area contributed by atoms with Crippen LogP contribution in [0.2, 0.25) is 0 Å². The molecule has 0 aliphatic heterocycles. The molecule has 4 aromatic rings. The highest BCUT2D eigenvalue weighted by molar-refractivity contribution is 7.90. The molecule has 0 spiro atoms. The fraction of sp³-hybridized carbons (Fsp3) is 0.192. The van der Waals surface area contributed by atoms with Crippen molar-refractivity contribution in [3.8, 4) is 16.9 Å². The molecule has 170 valence electrons. The first kappa shape index (κ1) is 22.6. The van der Waals surface area contributed by atoms with Crippen LogP contribution in [0, 0.1) is 0 Å². The van der Waals surface area contributed by atoms with Crippen molar-refractivity contribution in [2.24, 2.45) is 0 Å². The number of hydrogen-bond acceptors (Lipinski definition) is 4. The lowest BCUT2D eigenvalue weighted by molar-refractivity contribution is -0.136. The Kier molecular flexibility index (Phi) is 6.24. The van der Waals surface area contributed by atoms with E-state index in [2.05, 4.69) is 0 Å². The second kappa shape index (κ2) is 9.11. The molecule has 3 aromatic carbocycles. The summed E-state index contributed by atoms with van der Waals surface area (Å²) in [4.78, 5) is 11.4. The van der Waals surface area contributed by atoms with Gasteiger partial charge < -0.3 is 9.84 Å². The Bertz CT molecular complexity index is 1410. The number of benzene rings is 3. The van der Waals surface area contributed by atoms with Gasteiger partial charge in [0.25, 0.3) is 10.0 Å². The summed E-state index contributed by atoms with van der Waals surface area (Å²) in [7, 11) is -3.97. The molecule has 0 unspecified atom stereocenters. The molecule has 1 N–H and O–H groups in total. The van der Waals surface area contributed by atoms with E-state index in [4.69, 9.17) is 4.74 Å². The lowest BCUT2D eigenvalue weighted by atomic mass is 10.1. The standard InChI is InChI=1S/C26H25NO5S/c1-18(2)32-21-13-14-24-23(16-21)20(12-15-26(28)29)17-27(24)33(30,31)25-11-7-6-10-22(25)19-8-4-3-5-9-19/h3-11,13-14,16-18H,12,15H2,1-2H3,(H,28,29). The molecule has 7 heteroatoms. The molecule has 0 aliphatic carbocycles. The predicted molar refractivity (Wildman–Crippen MR) is 128 cm³/mol. The first-order valence-corrected chi connectivity index (χ1v) is 12.1. The van der Waals surface area contributed by atoms with Crippen LogP contribution in [0.25, 0.3) is 22.0 Å². The fourth-order valence-corrected chi connectivity index (χ4v) is 5.49. The smallest absolute Gasteiger partial charge is 0.303 e. The Morgan fingerprint density at radius 2 is 1.70 bits per heavy atom. The Morgan fingerprint density at radius 3 is 2.39 bits per heavy atom. The number of aromatic nitrogens is 1. The van der Waals surface area contributed by atoms with Crippen molar-refractivity contribution in [2.75, 3.05) is 0 Å². The molecule has 0 amide bonds. The van der Waals surface area contributed by atoms with Crippen LogP contribution in [0.3, 0.4) is 0 Å². The number of carboxylic acid groups (broad SMARTS) is 1. The minimum Gasteiger partial charge on any atom is -0.491 e. The average Bonchev–Trinajstić information content (AvgIpc) is 3.16. The van der Waals surface area contributed by atoms with Gasteiger partial charge in [0.1, 0.15) is 5.75 Å². The van der Waals surface area contributed by atoms with Crippen LogP contribution in [0.4, 0.5) is 0 Å². The Hall–Kier alpha value is -3.58. The lowest BCUT2D eigenvalue weighted by Crippen LogP contribution is -2.13. The largest absolute Gasteiger partial charge is 0.491 e. The number of aryl methyl sites for hydroxylation is 1. The lowest BCUT2D eigenvalue weighted by Gasteiger charge is -2.13. The van der Waals surface area contributed by atoms with Gasteiger partial charge in [0.15, 0.2) is 0 Å². The van der Waals surface area contributed by atoms with E-state index in [0.29, 0.717) is 27.8 Å². The molecule has 6 nitrogen and oxygen atoms in total. The van der Waals surface area contributed by atoms with Crippen LogP contribution in [-0.4, -0.2) is 29.6 Å². The molecule has 33 heavy (non-hydrogen) atoms. The van der Waals surface area contributed by atoms with Crippen molar-refractivity contribution in [3.63, 3.8) is 0 Å². The zero-order chi connectivity index (χ0) is 23.6. The minimum absolute atomic E-state index is 0.0477. The van der Waals surface area contributed by atoms with Crippen LogP contribution in [-0.2, 0) is 21.2 Å². The average molecular weight is 464 g/mol. The van der Waals surface area contributed by atoms with E-state index >= 15 is 0 Å². The normalized spacial score (nSPS) is 11.7.